The van der Waals surface area contributed by atoms with E-state index in [1.54, 1.807) is 0 Å². The Morgan fingerprint density at radius 2 is 2.43 bits per heavy atom. The average Bonchev–Trinajstić information content (AvgIpc) is 2.13. The molecule has 1 aliphatic heterocycles. The first-order valence-corrected chi connectivity index (χ1v) is 4.96. The molecule has 1 amide bonds. The van der Waals surface area contributed by atoms with Gasteiger partial charge in [-0.05, 0) is 24.8 Å². The third-order valence-electron chi connectivity index (χ3n) is 2.73. The van der Waals surface area contributed by atoms with Gasteiger partial charge in [0.05, 0.1) is 12.1 Å². The summed E-state index contributed by atoms with van der Waals surface area (Å²) in [6, 6.07) is 1.74. The van der Waals surface area contributed by atoms with E-state index >= 15 is 0 Å². The highest BCUT2D eigenvalue weighted by molar-refractivity contribution is 5.82. The molecule has 78 valence electrons. The number of carbonyl (C=O) groups is 1. The molecular formula is C10H17N3O. The molecule has 1 heterocycles. The SMILES string of the molecule is CC1(C)CCCNC1C(=O)NCC#N. The third kappa shape index (κ3) is 2.46. The van der Waals surface area contributed by atoms with E-state index in [0.29, 0.717) is 0 Å². The Balaban J connectivity index is 2.56. The number of carbonyl (C=O) groups excluding carboxylic acids is 1. The summed E-state index contributed by atoms with van der Waals surface area (Å²) < 4.78 is 0. The largest absolute Gasteiger partial charge is 0.342 e. The molecule has 14 heavy (non-hydrogen) atoms. The summed E-state index contributed by atoms with van der Waals surface area (Å²) in [5.74, 6) is -0.0590. The summed E-state index contributed by atoms with van der Waals surface area (Å²) >= 11 is 0. The minimum Gasteiger partial charge on any atom is -0.342 e. The summed E-state index contributed by atoms with van der Waals surface area (Å²) in [6.45, 7) is 5.13. The zero-order valence-electron chi connectivity index (χ0n) is 8.76. The van der Waals surface area contributed by atoms with Crippen molar-refractivity contribution < 1.29 is 4.79 Å². The number of nitrogens with zero attached hydrogens (tertiary/aromatic N) is 1. The van der Waals surface area contributed by atoms with Gasteiger partial charge in [-0.15, -0.1) is 0 Å². The number of hydrogen-bond acceptors (Lipinski definition) is 3. The molecule has 0 aromatic heterocycles. The molecule has 1 aliphatic rings. The Labute approximate surface area is 84.7 Å². The van der Waals surface area contributed by atoms with E-state index in [-0.39, 0.29) is 23.9 Å². The van der Waals surface area contributed by atoms with Gasteiger partial charge in [0, 0.05) is 0 Å². The van der Waals surface area contributed by atoms with Gasteiger partial charge < -0.3 is 10.6 Å². The van der Waals surface area contributed by atoms with Gasteiger partial charge in [0.25, 0.3) is 0 Å². The van der Waals surface area contributed by atoms with E-state index in [0.717, 1.165) is 19.4 Å². The summed E-state index contributed by atoms with van der Waals surface area (Å²) in [6.07, 6.45) is 2.15. The Morgan fingerprint density at radius 1 is 1.71 bits per heavy atom. The lowest BCUT2D eigenvalue weighted by atomic mass is 9.77. The monoisotopic (exact) mass is 195 g/mol. The van der Waals surface area contributed by atoms with Crippen LogP contribution in [0.15, 0.2) is 0 Å². The summed E-state index contributed by atoms with van der Waals surface area (Å²) in [7, 11) is 0. The van der Waals surface area contributed by atoms with Crippen LogP contribution in [0.2, 0.25) is 0 Å². The quantitative estimate of drug-likeness (QED) is 0.627. The van der Waals surface area contributed by atoms with E-state index in [1.165, 1.54) is 0 Å². The van der Waals surface area contributed by atoms with Crippen LogP contribution in [-0.2, 0) is 4.79 Å². The highest BCUT2D eigenvalue weighted by Crippen LogP contribution is 2.29. The third-order valence-corrected chi connectivity index (χ3v) is 2.73. The molecule has 4 heteroatoms. The standard InChI is InChI=1S/C10H17N3O/c1-10(2)4-3-6-12-8(10)9(14)13-7-5-11/h8,12H,3-4,6-7H2,1-2H3,(H,13,14). The molecule has 0 bridgehead atoms. The van der Waals surface area contributed by atoms with Crippen molar-refractivity contribution in [3.05, 3.63) is 0 Å². The van der Waals surface area contributed by atoms with Crippen molar-refractivity contribution in [1.29, 1.82) is 5.26 Å². The molecule has 1 rings (SSSR count). The number of hydrogen-bond donors (Lipinski definition) is 2. The van der Waals surface area contributed by atoms with Crippen molar-refractivity contribution in [1.82, 2.24) is 10.6 Å². The molecule has 2 N–H and O–H groups in total. The van der Waals surface area contributed by atoms with Crippen LogP contribution in [-0.4, -0.2) is 25.0 Å². The smallest absolute Gasteiger partial charge is 0.238 e. The summed E-state index contributed by atoms with van der Waals surface area (Å²) in [5, 5.41) is 14.2. The van der Waals surface area contributed by atoms with Gasteiger partial charge >= 0.3 is 0 Å². The van der Waals surface area contributed by atoms with Crippen molar-refractivity contribution in [2.24, 2.45) is 5.41 Å². The molecule has 0 spiro atoms. The predicted molar refractivity (Wildman–Crippen MR) is 53.4 cm³/mol. The maximum absolute atomic E-state index is 11.6. The van der Waals surface area contributed by atoms with Crippen molar-refractivity contribution in [3.8, 4) is 6.07 Å². The first kappa shape index (κ1) is 11.0. The first-order valence-electron chi connectivity index (χ1n) is 4.96. The lowest BCUT2D eigenvalue weighted by molar-refractivity contribution is -0.126. The lowest BCUT2D eigenvalue weighted by Crippen LogP contribution is -2.55. The lowest BCUT2D eigenvalue weighted by Gasteiger charge is -2.38. The zero-order valence-corrected chi connectivity index (χ0v) is 8.76. The Kier molecular flexibility index (Phi) is 3.48. The number of piperidine rings is 1. The molecule has 0 saturated carbocycles. The second-order valence-electron chi connectivity index (χ2n) is 4.36. The van der Waals surface area contributed by atoms with Crippen LogP contribution < -0.4 is 10.6 Å². The number of rotatable bonds is 2. The number of amides is 1. The van der Waals surface area contributed by atoms with Crippen molar-refractivity contribution >= 4 is 5.91 Å². The predicted octanol–water partition coefficient (Wildman–Crippen LogP) is 0.404. The molecule has 1 saturated heterocycles. The van der Waals surface area contributed by atoms with Crippen molar-refractivity contribution in [2.75, 3.05) is 13.1 Å². The van der Waals surface area contributed by atoms with Crippen LogP contribution >= 0.6 is 0 Å². The average molecular weight is 195 g/mol. The van der Waals surface area contributed by atoms with E-state index in [4.69, 9.17) is 5.26 Å². The molecule has 4 nitrogen and oxygen atoms in total. The molecule has 0 aromatic carbocycles. The van der Waals surface area contributed by atoms with Crippen LogP contribution in [0.1, 0.15) is 26.7 Å². The Morgan fingerprint density at radius 3 is 3.00 bits per heavy atom. The van der Waals surface area contributed by atoms with Crippen LogP contribution in [0.25, 0.3) is 0 Å². The molecular weight excluding hydrogens is 178 g/mol. The van der Waals surface area contributed by atoms with E-state index < -0.39 is 0 Å². The number of nitriles is 1. The molecule has 0 aromatic rings. The first-order chi connectivity index (χ1) is 6.58. The number of nitrogens with one attached hydrogen (secondary N) is 2. The van der Waals surface area contributed by atoms with Crippen LogP contribution in [0.3, 0.4) is 0 Å². The normalized spacial score (nSPS) is 25.1. The minimum absolute atomic E-state index is 0.0161. The van der Waals surface area contributed by atoms with Gasteiger partial charge in [-0.1, -0.05) is 13.8 Å². The molecule has 1 fully saturated rings. The molecule has 1 atom stereocenters. The van der Waals surface area contributed by atoms with Crippen LogP contribution in [0.4, 0.5) is 0 Å². The highest BCUT2D eigenvalue weighted by atomic mass is 16.2. The van der Waals surface area contributed by atoms with Gasteiger partial charge in [-0.2, -0.15) is 5.26 Å². The fourth-order valence-electron chi connectivity index (χ4n) is 1.89. The summed E-state index contributed by atoms with van der Waals surface area (Å²) in [5.41, 5.74) is -0.0161. The van der Waals surface area contributed by atoms with E-state index in [9.17, 15) is 4.79 Å². The molecule has 0 radical (unpaired) electrons. The van der Waals surface area contributed by atoms with Crippen LogP contribution in [0.5, 0.6) is 0 Å². The van der Waals surface area contributed by atoms with Crippen molar-refractivity contribution in [2.45, 2.75) is 32.7 Å². The Hall–Kier alpha value is -1.08. The topological polar surface area (TPSA) is 64.9 Å². The van der Waals surface area contributed by atoms with Gasteiger partial charge in [0.2, 0.25) is 5.91 Å². The fraction of sp³-hybridized carbons (Fsp3) is 0.800. The second-order valence-corrected chi connectivity index (χ2v) is 4.36. The maximum atomic E-state index is 11.6. The summed E-state index contributed by atoms with van der Waals surface area (Å²) in [4.78, 5) is 11.6. The zero-order chi connectivity index (χ0) is 10.6. The van der Waals surface area contributed by atoms with Gasteiger partial charge in [-0.25, -0.2) is 0 Å². The van der Waals surface area contributed by atoms with E-state index in [2.05, 4.69) is 24.5 Å². The maximum Gasteiger partial charge on any atom is 0.238 e. The van der Waals surface area contributed by atoms with Gasteiger partial charge in [0.15, 0.2) is 0 Å². The molecule has 0 aliphatic carbocycles. The van der Waals surface area contributed by atoms with Crippen molar-refractivity contribution in [3.63, 3.8) is 0 Å². The van der Waals surface area contributed by atoms with Gasteiger partial charge in [-0.3, -0.25) is 4.79 Å². The minimum atomic E-state index is -0.162. The van der Waals surface area contributed by atoms with Gasteiger partial charge in [0.1, 0.15) is 6.54 Å². The fourth-order valence-corrected chi connectivity index (χ4v) is 1.89. The second kappa shape index (κ2) is 4.43. The van der Waals surface area contributed by atoms with E-state index in [1.807, 2.05) is 6.07 Å². The highest BCUT2D eigenvalue weighted by Gasteiger charge is 2.36. The molecule has 1 unspecified atom stereocenters. The van der Waals surface area contributed by atoms with Crippen LogP contribution in [0, 0.1) is 16.7 Å². The Bertz CT molecular complexity index is 255.